The fraction of sp³-hybridized carbons (Fsp3) is 0.346. The van der Waals surface area contributed by atoms with E-state index in [-0.39, 0.29) is 12.0 Å². The molecule has 8 heteroatoms. The number of fused-ring (bicyclic) bond motifs is 4. The molecule has 2 heterocycles. The Labute approximate surface area is 204 Å². The van der Waals surface area contributed by atoms with Crippen LogP contribution in [-0.2, 0) is 0 Å². The third kappa shape index (κ3) is 5.51. The molecule has 0 unspecified atom stereocenters. The molecule has 0 saturated heterocycles. The number of rotatable bonds is 2. The molecule has 34 heavy (non-hydrogen) atoms. The first-order valence-corrected chi connectivity index (χ1v) is 12.1. The van der Waals surface area contributed by atoms with Crippen molar-refractivity contribution >= 4 is 23.8 Å². The average Bonchev–Trinajstić information content (AvgIpc) is 2.78. The molecule has 2 N–H and O–H groups in total. The van der Waals surface area contributed by atoms with Gasteiger partial charge in [-0.1, -0.05) is 45.0 Å². The zero-order chi connectivity index (χ0) is 24.5. The summed E-state index contributed by atoms with van der Waals surface area (Å²) in [7, 11) is 0. The van der Waals surface area contributed by atoms with Crippen LogP contribution in [0.5, 0.6) is 5.88 Å². The van der Waals surface area contributed by atoms with Gasteiger partial charge in [-0.25, -0.2) is 10.0 Å². The first kappa shape index (κ1) is 24.0. The molecule has 0 fully saturated rings. The Morgan fingerprint density at radius 3 is 2.53 bits per heavy atom. The third-order valence-electron chi connectivity index (χ3n) is 5.61. The largest absolute Gasteiger partial charge is 0.475 e. The number of carbonyl (C=O) groups excluding carboxylic acids is 1. The van der Waals surface area contributed by atoms with Crippen LogP contribution >= 0.6 is 11.9 Å². The van der Waals surface area contributed by atoms with Gasteiger partial charge < -0.3 is 4.74 Å². The van der Waals surface area contributed by atoms with Gasteiger partial charge in [-0.2, -0.15) is 4.98 Å². The minimum absolute atomic E-state index is 0.0923. The van der Waals surface area contributed by atoms with Gasteiger partial charge in [0.2, 0.25) is 11.8 Å². The van der Waals surface area contributed by atoms with E-state index in [0.717, 1.165) is 32.3 Å². The summed E-state index contributed by atoms with van der Waals surface area (Å²) in [5.74, 6) is 0.319. The number of ether oxygens (including phenoxy) is 1. The third-order valence-corrected chi connectivity index (χ3v) is 6.38. The number of hydrogen-bond acceptors (Lipinski definition) is 7. The summed E-state index contributed by atoms with van der Waals surface area (Å²) in [5, 5.41) is 11.7. The maximum Gasteiger partial charge on any atom is 0.277 e. The van der Waals surface area contributed by atoms with E-state index < -0.39 is 11.9 Å². The number of hydrogen-bond donors (Lipinski definition) is 2. The van der Waals surface area contributed by atoms with E-state index in [4.69, 9.17) is 9.72 Å². The van der Waals surface area contributed by atoms with Crippen molar-refractivity contribution in [2.75, 3.05) is 11.3 Å². The summed E-state index contributed by atoms with van der Waals surface area (Å²) in [6, 6.07) is 14.5. The number of amides is 1. The van der Waals surface area contributed by atoms with Crippen LogP contribution in [0.4, 0.5) is 5.95 Å². The molecule has 1 aliphatic rings. The first-order valence-electron chi connectivity index (χ1n) is 11.2. The van der Waals surface area contributed by atoms with Crippen molar-refractivity contribution in [2.24, 2.45) is 5.41 Å². The second-order valence-corrected chi connectivity index (χ2v) is 10.7. The van der Waals surface area contributed by atoms with Crippen molar-refractivity contribution in [3.05, 3.63) is 65.2 Å². The smallest absolute Gasteiger partial charge is 0.277 e. The fourth-order valence-corrected chi connectivity index (χ4v) is 4.72. The molecule has 7 nitrogen and oxygen atoms in total. The number of carbonyl (C=O) groups is 1. The number of hydroxylamine groups is 2. The van der Waals surface area contributed by atoms with E-state index in [9.17, 15) is 10.0 Å². The molecule has 0 aliphatic carbocycles. The highest BCUT2D eigenvalue weighted by Crippen LogP contribution is 2.31. The van der Waals surface area contributed by atoms with Crippen LogP contribution in [0.2, 0.25) is 0 Å². The lowest BCUT2D eigenvalue weighted by Gasteiger charge is -2.31. The van der Waals surface area contributed by atoms with Gasteiger partial charge in [0.1, 0.15) is 6.61 Å². The van der Waals surface area contributed by atoms with Gasteiger partial charge in [-0.3, -0.25) is 14.7 Å². The number of benzene rings is 2. The Morgan fingerprint density at radius 2 is 1.82 bits per heavy atom. The van der Waals surface area contributed by atoms with E-state index >= 15 is 0 Å². The minimum atomic E-state index is -0.556. The van der Waals surface area contributed by atoms with Gasteiger partial charge in [0, 0.05) is 22.1 Å². The first-order chi connectivity index (χ1) is 16.1. The second-order valence-electron chi connectivity index (χ2n) is 9.79. The van der Waals surface area contributed by atoms with Crippen molar-refractivity contribution in [3.63, 3.8) is 0 Å². The van der Waals surface area contributed by atoms with Crippen molar-refractivity contribution in [3.8, 4) is 17.1 Å². The van der Waals surface area contributed by atoms with Gasteiger partial charge in [0.05, 0.1) is 11.7 Å². The van der Waals surface area contributed by atoms with Gasteiger partial charge in [-0.05, 0) is 67.0 Å². The number of anilines is 1. The number of nitrogens with zero attached hydrogens (tertiary/aromatic N) is 3. The van der Waals surface area contributed by atoms with Crippen molar-refractivity contribution in [1.29, 1.82) is 0 Å². The van der Waals surface area contributed by atoms with Crippen LogP contribution in [-0.4, -0.2) is 38.8 Å². The zero-order valence-corrected chi connectivity index (χ0v) is 20.9. The van der Waals surface area contributed by atoms with E-state index in [1.807, 2.05) is 18.2 Å². The number of aryl methyl sites for hydroxylation is 2. The van der Waals surface area contributed by atoms with E-state index in [1.165, 1.54) is 11.9 Å². The van der Waals surface area contributed by atoms with Gasteiger partial charge in [-0.15, -0.1) is 0 Å². The van der Waals surface area contributed by atoms with Crippen LogP contribution in [0.3, 0.4) is 0 Å². The highest BCUT2D eigenvalue weighted by molar-refractivity contribution is 8.00. The Kier molecular flexibility index (Phi) is 6.81. The lowest BCUT2D eigenvalue weighted by atomic mass is 9.88. The molecule has 0 spiro atoms. The highest BCUT2D eigenvalue weighted by Gasteiger charge is 2.29. The molecular weight excluding hydrogens is 448 g/mol. The average molecular weight is 479 g/mol. The molecular formula is C26H30N4O3S. The number of aromatic nitrogens is 2. The van der Waals surface area contributed by atoms with Crippen LogP contribution in [0.15, 0.2) is 53.4 Å². The molecule has 4 bridgehead atoms. The zero-order valence-electron chi connectivity index (χ0n) is 20.1. The SMILES string of the molecule is Cc1cccc(C)c1-c1cc2nc(n1)NSc1cccc(c1)C(=O)N(O)[C@H](CC(C)(C)C)CO2. The predicted octanol–water partition coefficient (Wildman–Crippen LogP) is 5.91. The highest BCUT2D eigenvalue weighted by atomic mass is 32.2. The van der Waals surface area contributed by atoms with Crippen molar-refractivity contribution in [2.45, 2.75) is 52.0 Å². The Balaban J connectivity index is 1.79. The monoisotopic (exact) mass is 478 g/mol. The van der Waals surface area contributed by atoms with Gasteiger partial charge in [0.15, 0.2) is 0 Å². The molecule has 0 saturated carbocycles. The molecule has 1 aromatic heterocycles. The predicted molar refractivity (Wildman–Crippen MR) is 134 cm³/mol. The molecule has 2 aromatic carbocycles. The van der Waals surface area contributed by atoms with Crippen LogP contribution in [0.25, 0.3) is 11.3 Å². The van der Waals surface area contributed by atoms with E-state index in [0.29, 0.717) is 23.8 Å². The van der Waals surface area contributed by atoms with Crippen LogP contribution in [0.1, 0.15) is 48.7 Å². The topological polar surface area (TPSA) is 87.6 Å². The van der Waals surface area contributed by atoms with Crippen molar-refractivity contribution in [1.82, 2.24) is 15.0 Å². The maximum absolute atomic E-state index is 13.1. The second kappa shape index (κ2) is 9.64. The van der Waals surface area contributed by atoms with Crippen LogP contribution in [0, 0.1) is 19.3 Å². The number of nitrogens with one attached hydrogen (secondary N) is 1. The van der Waals surface area contributed by atoms with Gasteiger partial charge >= 0.3 is 0 Å². The molecule has 1 amide bonds. The van der Waals surface area contributed by atoms with Crippen LogP contribution < -0.4 is 9.46 Å². The summed E-state index contributed by atoms with van der Waals surface area (Å²) < 4.78 is 9.27. The summed E-state index contributed by atoms with van der Waals surface area (Å²) in [4.78, 5) is 23.2. The summed E-state index contributed by atoms with van der Waals surface area (Å²) in [5.41, 5.74) is 4.24. The molecule has 3 aromatic rings. The van der Waals surface area contributed by atoms with Crippen molar-refractivity contribution < 1.29 is 14.7 Å². The van der Waals surface area contributed by atoms with E-state index in [1.54, 1.807) is 18.2 Å². The fourth-order valence-electron chi connectivity index (χ4n) is 4.09. The van der Waals surface area contributed by atoms with Gasteiger partial charge in [0.25, 0.3) is 5.91 Å². The standard InChI is InChI=1S/C26H30N4O3S/c1-16-8-6-9-17(2)23(16)21-13-22-28-25(27-21)29-34-20-11-7-10-18(12-20)24(31)30(32)19(15-33-22)14-26(3,4)5/h6-13,19,32H,14-15H2,1-5H3,(H,27,28,29)/t19-/m1/s1. The lowest BCUT2D eigenvalue weighted by molar-refractivity contribution is -0.106. The lowest BCUT2D eigenvalue weighted by Crippen LogP contribution is -2.43. The molecule has 1 atom stereocenters. The minimum Gasteiger partial charge on any atom is -0.475 e. The maximum atomic E-state index is 13.1. The normalized spacial score (nSPS) is 16.6. The summed E-state index contributed by atoms with van der Waals surface area (Å²) in [6.07, 6.45) is 0.545. The quantitative estimate of drug-likeness (QED) is 0.350. The Bertz CT molecular complexity index is 1190. The Hall–Kier alpha value is -3.10. The van der Waals surface area contributed by atoms with E-state index in [2.05, 4.69) is 56.5 Å². The summed E-state index contributed by atoms with van der Waals surface area (Å²) >= 11 is 1.30. The Morgan fingerprint density at radius 1 is 1.12 bits per heavy atom. The molecule has 4 rings (SSSR count). The molecule has 1 aliphatic heterocycles. The molecule has 0 radical (unpaired) electrons. The summed E-state index contributed by atoms with van der Waals surface area (Å²) in [6.45, 7) is 10.4. The molecule has 178 valence electrons.